The van der Waals surface area contributed by atoms with Gasteiger partial charge in [0.1, 0.15) is 5.52 Å². The molecule has 3 nitrogen and oxygen atoms in total. The summed E-state index contributed by atoms with van der Waals surface area (Å²) in [6.07, 6.45) is 3.95. The lowest BCUT2D eigenvalue weighted by atomic mass is 10.2. The van der Waals surface area contributed by atoms with Crippen LogP contribution in [0.15, 0.2) is 11.4 Å². The Morgan fingerprint density at radius 1 is 1.36 bits per heavy atom. The third-order valence-electron chi connectivity index (χ3n) is 2.40. The first kappa shape index (κ1) is 9.52. The number of fused-ring (bicyclic) bond motifs is 1. The third-order valence-corrected chi connectivity index (χ3v) is 3.14. The van der Waals surface area contributed by atoms with Crippen molar-refractivity contribution < 1.29 is 0 Å². The first-order chi connectivity index (χ1) is 6.65. The average Bonchev–Trinajstić information content (AvgIpc) is 2.51. The molecule has 2 rings (SSSR count). The van der Waals surface area contributed by atoms with Crippen molar-refractivity contribution in [3.8, 4) is 0 Å². The van der Waals surface area contributed by atoms with E-state index in [1.807, 2.05) is 26.4 Å². The molecule has 0 aliphatic carbocycles. The Bertz CT molecular complexity index is 488. The van der Waals surface area contributed by atoms with Gasteiger partial charge in [0.05, 0.1) is 11.2 Å². The van der Waals surface area contributed by atoms with Crippen molar-refractivity contribution in [1.82, 2.24) is 14.5 Å². The van der Waals surface area contributed by atoms with Gasteiger partial charge in [-0.05, 0) is 25.7 Å². The molecule has 0 unspecified atom stereocenters. The van der Waals surface area contributed by atoms with Crippen LogP contribution in [0.3, 0.4) is 0 Å². The molecule has 0 saturated heterocycles. The largest absolute Gasteiger partial charge is 0.322 e. The van der Waals surface area contributed by atoms with Gasteiger partial charge in [0.25, 0.3) is 0 Å². The second-order valence-electron chi connectivity index (χ2n) is 3.38. The standard InChI is InChI=1S/C10H13N3S/c1-6-5-11-7(2)8-9(6)13(3)10(12-8)14-4/h5H,1-4H3. The van der Waals surface area contributed by atoms with Gasteiger partial charge < -0.3 is 4.57 Å². The first-order valence-corrected chi connectivity index (χ1v) is 5.70. The van der Waals surface area contributed by atoms with Crippen LogP contribution in [0.5, 0.6) is 0 Å². The molecule has 0 radical (unpaired) electrons. The topological polar surface area (TPSA) is 30.7 Å². The van der Waals surface area contributed by atoms with Crippen LogP contribution in [0.2, 0.25) is 0 Å². The average molecular weight is 207 g/mol. The number of pyridine rings is 1. The monoisotopic (exact) mass is 207 g/mol. The zero-order chi connectivity index (χ0) is 10.3. The van der Waals surface area contributed by atoms with E-state index in [-0.39, 0.29) is 0 Å². The van der Waals surface area contributed by atoms with Crippen LogP contribution in [-0.4, -0.2) is 20.8 Å². The molecule has 0 bridgehead atoms. The van der Waals surface area contributed by atoms with Gasteiger partial charge in [0.2, 0.25) is 0 Å². The second kappa shape index (κ2) is 3.28. The Balaban J connectivity index is 2.90. The highest BCUT2D eigenvalue weighted by molar-refractivity contribution is 7.98. The smallest absolute Gasteiger partial charge is 0.168 e. The minimum Gasteiger partial charge on any atom is -0.322 e. The summed E-state index contributed by atoms with van der Waals surface area (Å²) in [6.45, 7) is 4.07. The van der Waals surface area contributed by atoms with Gasteiger partial charge in [-0.15, -0.1) is 0 Å². The van der Waals surface area contributed by atoms with Gasteiger partial charge in [-0.1, -0.05) is 11.8 Å². The molecule has 0 aliphatic rings. The SMILES string of the molecule is CSc1nc2c(C)ncc(C)c2n1C. The molecule has 0 fully saturated rings. The minimum absolute atomic E-state index is 1.00. The van der Waals surface area contributed by atoms with Crippen molar-refractivity contribution in [2.45, 2.75) is 19.0 Å². The van der Waals surface area contributed by atoms with Crippen molar-refractivity contribution in [1.29, 1.82) is 0 Å². The van der Waals surface area contributed by atoms with Crippen LogP contribution in [0, 0.1) is 13.8 Å². The lowest BCUT2D eigenvalue weighted by Crippen LogP contribution is -1.92. The summed E-state index contributed by atoms with van der Waals surface area (Å²) in [5, 5.41) is 1.04. The van der Waals surface area contributed by atoms with Crippen molar-refractivity contribution in [3.05, 3.63) is 17.5 Å². The molecule has 2 aromatic rings. The number of rotatable bonds is 1. The highest BCUT2D eigenvalue weighted by Gasteiger charge is 2.11. The fraction of sp³-hybridized carbons (Fsp3) is 0.400. The molecule has 74 valence electrons. The van der Waals surface area contributed by atoms with E-state index in [4.69, 9.17) is 0 Å². The van der Waals surface area contributed by atoms with E-state index in [0.717, 1.165) is 16.4 Å². The summed E-state index contributed by atoms with van der Waals surface area (Å²) in [5.41, 5.74) is 4.40. The number of hydrogen-bond donors (Lipinski definition) is 0. The van der Waals surface area contributed by atoms with Crippen LogP contribution >= 0.6 is 11.8 Å². The number of hydrogen-bond acceptors (Lipinski definition) is 3. The van der Waals surface area contributed by atoms with Gasteiger partial charge >= 0.3 is 0 Å². The van der Waals surface area contributed by atoms with Crippen LogP contribution in [0.25, 0.3) is 11.0 Å². The van der Waals surface area contributed by atoms with E-state index in [2.05, 4.69) is 21.5 Å². The van der Waals surface area contributed by atoms with E-state index >= 15 is 0 Å². The van der Waals surface area contributed by atoms with Crippen LogP contribution in [0.4, 0.5) is 0 Å². The van der Waals surface area contributed by atoms with Crippen LogP contribution in [-0.2, 0) is 7.05 Å². The van der Waals surface area contributed by atoms with E-state index in [1.165, 1.54) is 11.1 Å². The molecule has 0 aromatic carbocycles. The lowest BCUT2D eigenvalue weighted by Gasteiger charge is -2.01. The summed E-state index contributed by atoms with van der Waals surface area (Å²) in [5.74, 6) is 0. The highest BCUT2D eigenvalue weighted by Crippen LogP contribution is 2.24. The lowest BCUT2D eigenvalue weighted by molar-refractivity contribution is 0.815. The molecule has 0 spiro atoms. The maximum atomic E-state index is 4.55. The molecule has 2 heterocycles. The van der Waals surface area contributed by atoms with E-state index in [1.54, 1.807) is 11.8 Å². The molecule has 2 aromatic heterocycles. The van der Waals surface area contributed by atoms with Crippen molar-refractivity contribution >= 4 is 22.8 Å². The van der Waals surface area contributed by atoms with Crippen LogP contribution < -0.4 is 0 Å². The van der Waals surface area contributed by atoms with E-state index in [9.17, 15) is 0 Å². The molecule has 0 N–H and O–H groups in total. The van der Waals surface area contributed by atoms with Gasteiger partial charge in [-0.25, -0.2) is 4.98 Å². The fourth-order valence-electron chi connectivity index (χ4n) is 1.68. The van der Waals surface area contributed by atoms with Gasteiger partial charge in [-0.3, -0.25) is 4.98 Å². The molecule has 0 atom stereocenters. The Kier molecular flexibility index (Phi) is 2.23. The van der Waals surface area contributed by atoms with Gasteiger partial charge in [-0.2, -0.15) is 0 Å². The number of nitrogens with zero attached hydrogens (tertiary/aromatic N) is 3. The maximum absolute atomic E-state index is 4.55. The van der Waals surface area contributed by atoms with Crippen molar-refractivity contribution in [3.63, 3.8) is 0 Å². The Hall–Kier alpha value is -1.03. The van der Waals surface area contributed by atoms with Crippen LogP contribution in [0.1, 0.15) is 11.3 Å². The Morgan fingerprint density at radius 3 is 2.64 bits per heavy atom. The molecule has 14 heavy (non-hydrogen) atoms. The summed E-state index contributed by atoms with van der Waals surface area (Å²) < 4.78 is 2.13. The van der Waals surface area contributed by atoms with Crippen molar-refractivity contribution in [2.75, 3.05) is 6.26 Å². The van der Waals surface area contributed by atoms with Gasteiger partial charge in [0.15, 0.2) is 5.16 Å². The van der Waals surface area contributed by atoms with E-state index < -0.39 is 0 Å². The number of thioether (sulfide) groups is 1. The van der Waals surface area contributed by atoms with Crippen molar-refractivity contribution in [2.24, 2.45) is 7.05 Å². The number of aryl methyl sites for hydroxylation is 3. The minimum atomic E-state index is 1.00. The summed E-state index contributed by atoms with van der Waals surface area (Å²) in [7, 11) is 2.05. The third kappa shape index (κ3) is 1.21. The molecular formula is C10H13N3S. The predicted octanol–water partition coefficient (Wildman–Crippen LogP) is 2.31. The maximum Gasteiger partial charge on any atom is 0.168 e. The molecular weight excluding hydrogens is 194 g/mol. The zero-order valence-corrected chi connectivity index (χ0v) is 9.64. The Morgan fingerprint density at radius 2 is 2.07 bits per heavy atom. The molecule has 0 amide bonds. The molecule has 0 aliphatic heterocycles. The second-order valence-corrected chi connectivity index (χ2v) is 4.15. The summed E-state index contributed by atoms with van der Waals surface area (Å²) >= 11 is 1.66. The quantitative estimate of drug-likeness (QED) is 0.672. The number of imidazole rings is 1. The summed E-state index contributed by atoms with van der Waals surface area (Å²) in [6, 6.07) is 0. The first-order valence-electron chi connectivity index (χ1n) is 4.47. The normalized spacial score (nSPS) is 11.1. The molecule has 4 heteroatoms. The zero-order valence-electron chi connectivity index (χ0n) is 8.83. The fourth-order valence-corrected chi connectivity index (χ4v) is 2.23. The summed E-state index contributed by atoms with van der Waals surface area (Å²) in [4.78, 5) is 8.87. The highest BCUT2D eigenvalue weighted by atomic mass is 32.2. The number of aromatic nitrogens is 3. The van der Waals surface area contributed by atoms with Gasteiger partial charge in [0, 0.05) is 13.2 Å². The molecule has 0 saturated carbocycles. The predicted molar refractivity (Wildman–Crippen MR) is 59.8 cm³/mol. The Labute approximate surface area is 87.6 Å². The van der Waals surface area contributed by atoms with E-state index in [0.29, 0.717) is 0 Å².